The van der Waals surface area contributed by atoms with Gasteiger partial charge in [-0.2, -0.15) is 4.31 Å². The van der Waals surface area contributed by atoms with Crippen LogP contribution in [0.15, 0.2) is 54.5 Å². The summed E-state index contributed by atoms with van der Waals surface area (Å²) in [5.41, 5.74) is -0.134. The smallest absolute Gasteiger partial charge is 0.402 e. The second kappa shape index (κ2) is 8.15. The maximum absolute atomic E-state index is 13.5. The van der Waals surface area contributed by atoms with Crippen molar-refractivity contribution >= 4 is 17.1 Å². The average molecular weight is 405 g/mol. The van der Waals surface area contributed by atoms with Crippen LogP contribution in [-0.2, 0) is 19.3 Å². The number of rotatable bonds is 8. The largest absolute Gasteiger partial charge is 0.478 e. The van der Waals surface area contributed by atoms with Gasteiger partial charge in [-0.1, -0.05) is 36.8 Å². The number of hydrogen-bond donors (Lipinski definition) is 0. The first-order valence-electron chi connectivity index (χ1n) is 9.55. The molecule has 0 aromatic heterocycles. The molecule has 2 unspecified atom stereocenters. The van der Waals surface area contributed by atoms with Crippen molar-refractivity contribution in [3.05, 3.63) is 55.1 Å². The summed E-state index contributed by atoms with van der Waals surface area (Å²) in [6, 6.07) is 6.83. The lowest BCUT2D eigenvalue weighted by Gasteiger charge is -2.34. The molecule has 1 aromatic carbocycles. The zero-order valence-corrected chi connectivity index (χ0v) is 18.6. The molecular formula is C21H32BNO4S. The molecule has 1 aromatic rings. The Hall–Kier alpha value is -1.41. The van der Waals surface area contributed by atoms with Gasteiger partial charge < -0.3 is 9.31 Å². The van der Waals surface area contributed by atoms with Gasteiger partial charge in [-0.05, 0) is 52.7 Å². The summed E-state index contributed by atoms with van der Waals surface area (Å²) >= 11 is 0. The van der Waals surface area contributed by atoms with Gasteiger partial charge in [0.2, 0.25) is 10.0 Å². The fourth-order valence-electron chi connectivity index (χ4n) is 3.17. The van der Waals surface area contributed by atoms with E-state index in [1.807, 2.05) is 41.5 Å². The van der Waals surface area contributed by atoms with E-state index < -0.39 is 34.3 Å². The van der Waals surface area contributed by atoms with E-state index in [2.05, 4.69) is 13.2 Å². The highest BCUT2D eigenvalue weighted by atomic mass is 32.2. The maximum atomic E-state index is 13.5. The number of aryl methyl sites for hydroxylation is 1. The summed E-state index contributed by atoms with van der Waals surface area (Å²) in [4.78, 5) is 0.234. The highest BCUT2D eigenvalue weighted by Crippen LogP contribution is 2.40. The molecule has 0 N–H and O–H groups in total. The van der Waals surface area contributed by atoms with Crippen LogP contribution in [0.4, 0.5) is 0 Å². The number of nitrogens with zero attached hydrogens (tertiary/aromatic N) is 1. The Labute approximate surface area is 170 Å². The van der Waals surface area contributed by atoms with Crippen LogP contribution in [0.2, 0.25) is 0 Å². The van der Waals surface area contributed by atoms with E-state index in [-0.39, 0.29) is 17.4 Å². The minimum atomic E-state index is -3.79. The van der Waals surface area contributed by atoms with E-state index in [0.29, 0.717) is 0 Å². The fraction of sp³-hybridized carbons (Fsp3) is 0.524. The molecule has 0 bridgehead atoms. The summed E-state index contributed by atoms with van der Waals surface area (Å²) in [5.74, 6) is -0.780. The second-order valence-electron chi connectivity index (χ2n) is 8.39. The number of hydrogen-bond acceptors (Lipinski definition) is 4. The molecule has 5 nitrogen and oxygen atoms in total. The van der Waals surface area contributed by atoms with Crippen molar-refractivity contribution < 1.29 is 17.7 Å². The van der Waals surface area contributed by atoms with Crippen LogP contribution < -0.4 is 0 Å². The third kappa shape index (κ3) is 4.27. The lowest BCUT2D eigenvalue weighted by atomic mass is 9.71. The molecule has 2 atom stereocenters. The van der Waals surface area contributed by atoms with Crippen LogP contribution in [0.1, 0.15) is 40.2 Å². The van der Waals surface area contributed by atoms with Gasteiger partial charge in [0.25, 0.3) is 0 Å². The quantitative estimate of drug-likeness (QED) is 0.485. The molecule has 7 heteroatoms. The van der Waals surface area contributed by atoms with Gasteiger partial charge in [0, 0.05) is 6.54 Å². The van der Waals surface area contributed by atoms with Crippen LogP contribution in [0.25, 0.3) is 0 Å². The van der Waals surface area contributed by atoms with Crippen LogP contribution in [-0.4, -0.2) is 43.5 Å². The first kappa shape index (κ1) is 22.9. The molecular weight excluding hydrogens is 373 g/mol. The molecule has 28 heavy (non-hydrogen) atoms. The van der Waals surface area contributed by atoms with Gasteiger partial charge >= 0.3 is 7.12 Å². The lowest BCUT2D eigenvalue weighted by Crippen LogP contribution is -2.53. The van der Waals surface area contributed by atoms with Crippen LogP contribution >= 0.6 is 0 Å². The van der Waals surface area contributed by atoms with Crippen molar-refractivity contribution in [1.29, 1.82) is 0 Å². The van der Waals surface area contributed by atoms with Gasteiger partial charge in [-0.25, -0.2) is 8.42 Å². The first-order valence-corrected chi connectivity index (χ1v) is 11.0. The monoisotopic (exact) mass is 405 g/mol. The predicted molar refractivity (Wildman–Crippen MR) is 114 cm³/mol. The van der Waals surface area contributed by atoms with Crippen molar-refractivity contribution in [1.82, 2.24) is 4.31 Å². The highest BCUT2D eigenvalue weighted by Gasteiger charge is 2.57. The van der Waals surface area contributed by atoms with E-state index in [1.54, 1.807) is 36.4 Å². The van der Waals surface area contributed by atoms with Crippen LogP contribution in [0.5, 0.6) is 0 Å². The Bertz CT molecular complexity index is 801. The van der Waals surface area contributed by atoms with E-state index >= 15 is 0 Å². The molecule has 0 radical (unpaired) electrons. The van der Waals surface area contributed by atoms with Gasteiger partial charge in [0.1, 0.15) is 0 Å². The maximum Gasteiger partial charge on any atom is 0.478 e. The molecule has 1 aliphatic heterocycles. The molecule has 2 rings (SSSR count). The van der Waals surface area contributed by atoms with E-state index in [9.17, 15) is 8.42 Å². The minimum Gasteiger partial charge on any atom is -0.402 e. The van der Waals surface area contributed by atoms with Crippen molar-refractivity contribution in [2.45, 2.75) is 63.6 Å². The van der Waals surface area contributed by atoms with E-state index in [1.165, 1.54) is 4.31 Å². The Morgan fingerprint density at radius 2 is 1.61 bits per heavy atom. The summed E-state index contributed by atoms with van der Waals surface area (Å²) < 4.78 is 40.9. The Kier molecular flexibility index (Phi) is 6.66. The highest BCUT2D eigenvalue weighted by molar-refractivity contribution is 7.89. The van der Waals surface area contributed by atoms with Crippen molar-refractivity contribution in [2.24, 2.45) is 5.92 Å². The summed E-state index contributed by atoms with van der Waals surface area (Å²) in [6.07, 6.45) is 3.32. The SMILES string of the molecule is C=CCN(C(B1OC(C)(C)C(C)(C)O1)C(C)C=C)S(=O)(=O)c1ccc(C)cc1. The molecule has 0 spiro atoms. The Morgan fingerprint density at radius 3 is 2.04 bits per heavy atom. The molecule has 1 saturated heterocycles. The molecule has 1 heterocycles. The fourth-order valence-corrected chi connectivity index (χ4v) is 4.83. The molecule has 1 fully saturated rings. The third-order valence-electron chi connectivity index (χ3n) is 5.73. The third-order valence-corrected chi connectivity index (χ3v) is 7.61. The van der Waals surface area contributed by atoms with Crippen LogP contribution in [0.3, 0.4) is 0 Å². The van der Waals surface area contributed by atoms with Crippen LogP contribution in [0, 0.1) is 12.8 Å². The zero-order valence-electron chi connectivity index (χ0n) is 17.8. The predicted octanol–water partition coefficient (Wildman–Crippen LogP) is 3.99. The molecule has 0 amide bonds. The zero-order chi connectivity index (χ0) is 21.3. The average Bonchev–Trinajstić information content (AvgIpc) is 2.81. The first-order chi connectivity index (χ1) is 12.9. The topological polar surface area (TPSA) is 55.8 Å². The van der Waals surface area contributed by atoms with Crippen molar-refractivity contribution in [3.63, 3.8) is 0 Å². The lowest BCUT2D eigenvalue weighted by molar-refractivity contribution is 0.00578. The molecule has 0 saturated carbocycles. The normalized spacial score (nSPS) is 20.8. The summed E-state index contributed by atoms with van der Waals surface area (Å²) in [6.45, 7) is 19.4. The Morgan fingerprint density at radius 1 is 1.11 bits per heavy atom. The number of sulfonamides is 1. The van der Waals surface area contributed by atoms with Gasteiger partial charge in [0.15, 0.2) is 0 Å². The summed E-state index contributed by atoms with van der Waals surface area (Å²) in [5, 5.41) is 0. The van der Waals surface area contributed by atoms with Gasteiger partial charge in [-0.15, -0.1) is 13.2 Å². The second-order valence-corrected chi connectivity index (χ2v) is 10.3. The standard InChI is InChI=1S/C21H32BNO4S/c1-9-15-23(28(24,25)18-13-11-16(3)12-14-18)19(17(4)10-2)22-26-20(5,6)21(7,8)27-22/h9-14,17,19H,1-2,15H2,3-8H3. The van der Waals surface area contributed by atoms with E-state index in [0.717, 1.165) is 5.56 Å². The summed E-state index contributed by atoms with van der Waals surface area (Å²) in [7, 11) is -4.52. The molecule has 1 aliphatic rings. The van der Waals surface area contributed by atoms with Gasteiger partial charge in [0.05, 0.1) is 22.0 Å². The van der Waals surface area contributed by atoms with Crippen molar-refractivity contribution in [2.75, 3.05) is 6.54 Å². The number of benzene rings is 1. The Balaban J connectivity index is 2.53. The minimum absolute atomic E-state index is 0.142. The van der Waals surface area contributed by atoms with Gasteiger partial charge in [-0.3, -0.25) is 0 Å². The molecule has 154 valence electrons. The van der Waals surface area contributed by atoms with E-state index in [4.69, 9.17) is 9.31 Å². The van der Waals surface area contributed by atoms with Crippen molar-refractivity contribution in [3.8, 4) is 0 Å². The molecule has 0 aliphatic carbocycles.